The Balaban J connectivity index is 2.81. The van der Waals surface area contributed by atoms with Crippen molar-refractivity contribution in [3.05, 3.63) is 28.9 Å². The predicted molar refractivity (Wildman–Crippen MR) is 58.3 cm³/mol. The fourth-order valence-corrected chi connectivity index (χ4v) is 1.95. The highest BCUT2D eigenvalue weighted by atomic mass is 35.5. The van der Waals surface area contributed by atoms with Gasteiger partial charge in [-0.25, -0.2) is 0 Å². The average Bonchev–Trinajstić information content (AvgIpc) is 2.56. The number of nitrogens with two attached hydrogens (primary N) is 1. The smallest absolute Gasteiger partial charge is 0.0941 e. The van der Waals surface area contributed by atoms with E-state index in [2.05, 4.69) is 5.10 Å². The Labute approximate surface area is 87.5 Å². The van der Waals surface area contributed by atoms with Crippen molar-refractivity contribution in [2.24, 2.45) is 5.73 Å². The summed E-state index contributed by atoms with van der Waals surface area (Å²) >= 11 is 6.10. The molecule has 14 heavy (non-hydrogen) atoms. The van der Waals surface area contributed by atoms with E-state index in [4.69, 9.17) is 17.3 Å². The first-order chi connectivity index (χ1) is 6.77. The van der Waals surface area contributed by atoms with E-state index in [0.717, 1.165) is 28.2 Å². The van der Waals surface area contributed by atoms with Gasteiger partial charge >= 0.3 is 0 Å². The van der Waals surface area contributed by atoms with Gasteiger partial charge in [-0.2, -0.15) is 5.10 Å². The highest BCUT2D eigenvalue weighted by Crippen LogP contribution is 2.26. The van der Waals surface area contributed by atoms with Gasteiger partial charge in [0.15, 0.2) is 0 Å². The number of rotatable bonds is 2. The van der Waals surface area contributed by atoms with Crippen molar-refractivity contribution in [2.75, 3.05) is 0 Å². The van der Waals surface area contributed by atoms with Crippen LogP contribution in [-0.4, -0.2) is 9.78 Å². The Bertz CT molecular complexity index is 462. The van der Waals surface area contributed by atoms with Crippen LogP contribution in [0.15, 0.2) is 18.2 Å². The van der Waals surface area contributed by atoms with Crippen LogP contribution in [0, 0.1) is 0 Å². The molecule has 0 bridgehead atoms. The van der Waals surface area contributed by atoms with Crippen molar-refractivity contribution < 1.29 is 0 Å². The number of aryl methyl sites for hydroxylation is 1. The van der Waals surface area contributed by atoms with Crippen molar-refractivity contribution in [3.8, 4) is 0 Å². The largest absolute Gasteiger partial charge is 0.325 e. The van der Waals surface area contributed by atoms with Gasteiger partial charge in [0, 0.05) is 18.5 Å². The van der Waals surface area contributed by atoms with Crippen molar-refractivity contribution in [2.45, 2.75) is 20.0 Å². The Kier molecular flexibility index (Phi) is 2.44. The van der Waals surface area contributed by atoms with Gasteiger partial charge in [-0.3, -0.25) is 4.68 Å². The number of aromatic nitrogens is 2. The van der Waals surface area contributed by atoms with Crippen molar-refractivity contribution >= 4 is 22.5 Å². The van der Waals surface area contributed by atoms with E-state index in [1.54, 1.807) is 0 Å². The van der Waals surface area contributed by atoms with Gasteiger partial charge in [-0.15, -0.1) is 0 Å². The van der Waals surface area contributed by atoms with E-state index in [9.17, 15) is 0 Å². The number of nitrogens with zero attached hydrogens (tertiary/aromatic N) is 2. The molecule has 2 aromatic rings. The Morgan fingerprint density at radius 3 is 2.93 bits per heavy atom. The van der Waals surface area contributed by atoms with E-state index in [-0.39, 0.29) is 0 Å². The lowest BCUT2D eigenvalue weighted by atomic mass is 10.2. The second-order valence-corrected chi connectivity index (χ2v) is 3.51. The molecule has 2 N–H and O–H groups in total. The molecule has 1 aromatic heterocycles. The summed E-state index contributed by atoms with van der Waals surface area (Å²) in [7, 11) is 0. The Morgan fingerprint density at radius 1 is 1.50 bits per heavy atom. The van der Waals surface area contributed by atoms with Gasteiger partial charge in [-0.05, 0) is 19.1 Å². The summed E-state index contributed by atoms with van der Waals surface area (Å²) in [4.78, 5) is 0. The van der Waals surface area contributed by atoms with Crippen molar-refractivity contribution in [1.82, 2.24) is 9.78 Å². The van der Waals surface area contributed by atoms with Gasteiger partial charge in [0.25, 0.3) is 0 Å². The molecular weight excluding hydrogens is 198 g/mol. The van der Waals surface area contributed by atoms with Gasteiger partial charge < -0.3 is 5.73 Å². The zero-order chi connectivity index (χ0) is 10.1. The minimum absolute atomic E-state index is 0.466. The second-order valence-electron chi connectivity index (χ2n) is 3.10. The minimum atomic E-state index is 0.466. The quantitative estimate of drug-likeness (QED) is 0.824. The standard InChI is InChI=1S/C10H12ClN3/c1-2-14-9(6-12)10-7(11)4-3-5-8(10)13-14/h3-5H,2,6,12H2,1H3. The Hall–Kier alpha value is -1.06. The molecule has 2 rings (SSSR count). The Morgan fingerprint density at radius 2 is 2.29 bits per heavy atom. The molecule has 0 atom stereocenters. The van der Waals surface area contributed by atoms with E-state index in [1.807, 2.05) is 29.8 Å². The minimum Gasteiger partial charge on any atom is -0.325 e. The van der Waals surface area contributed by atoms with E-state index in [0.29, 0.717) is 6.54 Å². The summed E-state index contributed by atoms with van der Waals surface area (Å²) in [5.74, 6) is 0. The molecule has 0 fully saturated rings. The molecule has 1 heterocycles. The van der Waals surface area contributed by atoms with Gasteiger partial charge in [0.05, 0.1) is 16.2 Å². The molecule has 0 saturated heterocycles. The zero-order valence-electron chi connectivity index (χ0n) is 8.00. The number of hydrogen-bond acceptors (Lipinski definition) is 2. The number of benzene rings is 1. The molecular formula is C10H12ClN3. The van der Waals surface area contributed by atoms with Crippen molar-refractivity contribution in [3.63, 3.8) is 0 Å². The van der Waals surface area contributed by atoms with Crippen LogP contribution in [0.1, 0.15) is 12.6 Å². The molecule has 1 aromatic carbocycles. The first-order valence-electron chi connectivity index (χ1n) is 4.62. The normalized spacial score (nSPS) is 11.1. The third-order valence-corrected chi connectivity index (χ3v) is 2.63. The lowest BCUT2D eigenvalue weighted by Crippen LogP contribution is -2.07. The first kappa shape index (κ1) is 9.49. The summed E-state index contributed by atoms with van der Waals surface area (Å²) in [6.45, 7) is 3.32. The molecule has 0 spiro atoms. The number of halogens is 1. The maximum Gasteiger partial charge on any atom is 0.0941 e. The maximum absolute atomic E-state index is 6.10. The molecule has 0 unspecified atom stereocenters. The third kappa shape index (κ3) is 1.29. The zero-order valence-corrected chi connectivity index (χ0v) is 8.75. The van der Waals surface area contributed by atoms with E-state index in [1.165, 1.54) is 0 Å². The number of hydrogen-bond donors (Lipinski definition) is 1. The average molecular weight is 210 g/mol. The molecule has 0 aliphatic heterocycles. The summed E-state index contributed by atoms with van der Waals surface area (Å²) in [6, 6.07) is 5.72. The summed E-state index contributed by atoms with van der Waals surface area (Å²) in [5, 5.41) is 6.12. The van der Waals surface area contributed by atoms with Crippen LogP contribution in [0.5, 0.6) is 0 Å². The molecule has 0 saturated carbocycles. The lowest BCUT2D eigenvalue weighted by molar-refractivity contribution is 0.630. The van der Waals surface area contributed by atoms with Gasteiger partial charge in [-0.1, -0.05) is 17.7 Å². The van der Waals surface area contributed by atoms with Gasteiger partial charge in [0.2, 0.25) is 0 Å². The van der Waals surface area contributed by atoms with E-state index >= 15 is 0 Å². The van der Waals surface area contributed by atoms with Crippen molar-refractivity contribution in [1.29, 1.82) is 0 Å². The summed E-state index contributed by atoms with van der Waals surface area (Å²) in [6.07, 6.45) is 0. The topological polar surface area (TPSA) is 43.8 Å². The van der Waals surface area contributed by atoms with Crippen LogP contribution in [0.25, 0.3) is 10.9 Å². The highest BCUT2D eigenvalue weighted by Gasteiger charge is 2.10. The number of fused-ring (bicyclic) bond motifs is 1. The molecule has 3 nitrogen and oxygen atoms in total. The van der Waals surface area contributed by atoms with Crippen LogP contribution in [0.2, 0.25) is 5.02 Å². The van der Waals surface area contributed by atoms with Crippen LogP contribution in [-0.2, 0) is 13.1 Å². The monoisotopic (exact) mass is 209 g/mol. The second kappa shape index (κ2) is 3.59. The molecule has 4 heteroatoms. The molecule has 0 radical (unpaired) electrons. The fraction of sp³-hybridized carbons (Fsp3) is 0.300. The lowest BCUT2D eigenvalue weighted by Gasteiger charge is -2.01. The molecule has 0 amide bonds. The molecule has 0 aliphatic rings. The predicted octanol–water partition coefficient (Wildman–Crippen LogP) is 2.17. The summed E-state index contributed by atoms with van der Waals surface area (Å²) < 4.78 is 1.90. The van der Waals surface area contributed by atoms with Crippen LogP contribution >= 0.6 is 11.6 Å². The SMILES string of the molecule is CCn1nc2cccc(Cl)c2c1CN. The molecule has 0 aliphatic carbocycles. The van der Waals surface area contributed by atoms with Crippen LogP contribution < -0.4 is 5.73 Å². The highest BCUT2D eigenvalue weighted by molar-refractivity contribution is 6.35. The third-order valence-electron chi connectivity index (χ3n) is 2.31. The van der Waals surface area contributed by atoms with Gasteiger partial charge in [0.1, 0.15) is 0 Å². The maximum atomic E-state index is 6.10. The molecule has 74 valence electrons. The summed E-state index contributed by atoms with van der Waals surface area (Å²) in [5.41, 5.74) is 7.61. The van der Waals surface area contributed by atoms with Crippen LogP contribution in [0.4, 0.5) is 0 Å². The first-order valence-corrected chi connectivity index (χ1v) is 4.99. The van der Waals surface area contributed by atoms with Crippen LogP contribution in [0.3, 0.4) is 0 Å². The van der Waals surface area contributed by atoms with E-state index < -0.39 is 0 Å². The fourth-order valence-electron chi connectivity index (χ4n) is 1.67.